The number of hydrogen-bond donors (Lipinski definition) is 1. The molecule has 0 saturated carbocycles. The molecule has 0 atom stereocenters. The first kappa shape index (κ1) is 130. The van der Waals surface area contributed by atoms with Gasteiger partial charge in [-0.1, -0.05) is 78.9 Å². The molecule has 0 bridgehead atoms. The molecule has 2 aliphatic heterocycles. The van der Waals surface area contributed by atoms with Crippen LogP contribution in [0.3, 0.4) is 0 Å². The maximum absolute atomic E-state index is 12.2. The van der Waals surface area contributed by atoms with E-state index in [9.17, 15) is 23.8 Å². The third-order valence-corrected chi connectivity index (χ3v) is 25.3. The van der Waals surface area contributed by atoms with Crippen LogP contribution in [0.4, 0.5) is 8.78 Å². The molecule has 17 aromatic rings. The Morgan fingerprint density at radius 3 is 1.39 bits per heavy atom. The number of aromatic amines is 1. The fraction of sp³-hybridized carbons (Fsp3) is 0.357. The van der Waals surface area contributed by atoms with Gasteiger partial charge in [-0.05, 0) is 363 Å². The van der Waals surface area contributed by atoms with E-state index in [4.69, 9.17) is 48.8 Å². The van der Waals surface area contributed by atoms with E-state index in [1.54, 1.807) is 129 Å². The Labute approximate surface area is 902 Å². The summed E-state index contributed by atoms with van der Waals surface area (Å²) in [5.74, 6) is -0.281. The molecule has 27 nitrogen and oxygen atoms in total. The van der Waals surface area contributed by atoms with Crippen molar-refractivity contribution in [1.29, 1.82) is 0 Å². The average molecular weight is 2130 g/mol. The van der Waals surface area contributed by atoms with E-state index in [-0.39, 0.29) is 43.3 Å². The maximum atomic E-state index is 12.2. The van der Waals surface area contributed by atoms with Gasteiger partial charge in [0, 0.05) is 180 Å². The van der Waals surface area contributed by atoms with Crippen LogP contribution in [0.1, 0.15) is 187 Å². The van der Waals surface area contributed by atoms with Crippen LogP contribution >= 0.6 is 68.8 Å². The molecule has 0 aliphatic carbocycles. The minimum atomic E-state index is -0.421. The van der Waals surface area contributed by atoms with Crippen molar-refractivity contribution >= 4 is 92.6 Å². The fourth-order valence-corrected chi connectivity index (χ4v) is 14.1. The van der Waals surface area contributed by atoms with Crippen molar-refractivity contribution in [2.75, 3.05) is 26.3 Å². The molecule has 2 aliphatic rings. The topological polar surface area (TPSA) is 339 Å². The van der Waals surface area contributed by atoms with Crippen molar-refractivity contribution in [3.8, 4) is 0 Å². The highest BCUT2D eigenvalue weighted by Crippen LogP contribution is 2.36. The van der Waals surface area contributed by atoms with E-state index in [0.29, 0.717) is 32.7 Å². The predicted octanol–water partition coefficient (Wildman–Crippen LogP) is 24.8. The summed E-state index contributed by atoms with van der Waals surface area (Å²) in [5, 5.41) is 39.1. The maximum Gasteiger partial charge on any atom is 0.454 e. The number of rotatable bonds is 5. The summed E-state index contributed by atoms with van der Waals surface area (Å²) >= 11 is 21.8. The minimum Gasteiger partial charge on any atom is -0.850 e. The van der Waals surface area contributed by atoms with Gasteiger partial charge in [0.2, 0.25) is 17.2 Å². The second-order valence-electron chi connectivity index (χ2n) is 35.2. The summed E-state index contributed by atoms with van der Waals surface area (Å²) in [7, 11) is 3.83. The molecule has 2 saturated heterocycles. The molecular weight excluding hydrogens is 1990 g/mol. The molecule has 0 amide bonds. The number of H-pyrrole nitrogens is 1. The lowest BCUT2D eigenvalue weighted by atomic mass is 9.90. The molecule has 19 rings (SSSR count). The molecule has 16 aromatic heterocycles. The molecule has 1 aromatic carbocycles. The van der Waals surface area contributed by atoms with Gasteiger partial charge in [-0.15, -0.1) is 34.0 Å². The highest BCUT2D eigenvalue weighted by Gasteiger charge is 2.48. The van der Waals surface area contributed by atoms with E-state index in [0.717, 1.165) is 93.6 Å². The van der Waals surface area contributed by atoms with Gasteiger partial charge < -0.3 is 24.3 Å². The predicted molar refractivity (Wildman–Crippen MR) is 598 cm³/mol. The number of thiazole rings is 1. The first-order valence-corrected chi connectivity index (χ1v) is 51.1. The second-order valence-corrected chi connectivity index (χ2v) is 40.3. The van der Waals surface area contributed by atoms with Crippen LogP contribution in [0.25, 0.3) is 10.9 Å². The van der Waals surface area contributed by atoms with Crippen molar-refractivity contribution in [3.63, 3.8) is 0 Å². The number of nitrogens with zero attached hydrogens (tertiary/aromatic N) is 20. The molecule has 18 heterocycles. The van der Waals surface area contributed by atoms with E-state index in [1.807, 2.05) is 219 Å². The van der Waals surface area contributed by atoms with E-state index in [2.05, 4.69) is 208 Å². The third kappa shape index (κ3) is 55.6. The molecule has 148 heavy (non-hydrogen) atoms. The Balaban J connectivity index is 0.000000405. The lowest BCUT2D eigenvalue weighted by Crippen LogP contribution is -2.41. The molecular formula is C112H145BCl3F2N21O6S3-2. The van der Waals surface area contributed by atoms with Crippen molar-refractivity contribution in [1.82, 2.24) is 104 Å². The first-order valence-electron chi connectivity index (χ1n) is 47.5. The van der Waals surface area contributed by atoms with Gasteiger partial charge in [0.1, 0.15) is 22.5 Å². The highest BCUT2D eigenvalue weighted by molar-refractivity contribution is 7.14. The van der Waals surface area contributed by atoms with Gasteiger partial charge >= 0.3 is 7.12 Å². The number of ketones is 1. The number of aryl methyl sites for hydroxylation is 22. The number of fused-ring (bicyclic) bond motifs is 1. The summed E-state index contributed by atoms with van der Waals surface area (Å²) in [6.07, 6.45) is 28.9. The Hall–Kier alpha value is -12.3. The minimum absolute atomic E-state index is 0.0648. The second kappa shape index (κ2) is 70.5. The van der Waals surface area contributed by atoms with Crippen molar-refractivity contribution < 1.29 is 37.8 Å². The molecule has 792 valence electrons. The molecule has 0 spiro atoms. The average Bonchev–Trinajstić information content (AvgIpc) is 1.64. The summed E-state index contributed by atoms with van der Waals surface area (Å²) in [6.45, 7) is 62.2. The van der Waals surface area contributed by atoms with E-state index < -0.39 is 5.95 Å². The van der Waals surface area contributed by atoms with Crippen molar-refractivity contribution in [2.24, 2.45) is 14.1 Å². The molecule has 36 heteroatoms. The Morgan fingerprint density at radius 1 is 0.486 bits per heavy atom. The monoisotopic (exact) mass is 2130 g/mol. The van der Waals surface area contributed by atoms with Gasteiger partial charge in [-0.3, -0.25) is 39.1 Å². The van der Waals surface area contributed by atoms with Crippen molar-refractivity contribution in [2.45, 2.75) is 232 Å². The number of pyridine rings is 7. The zero-order chi connectivity index (χ0) is 111. The molecule has 2 fully saturated rings. The largest absolute Gasteiger partial charge is 0.850 e. The van der Waals surface area contributed by atoms with Gasteiger partial charge in [-0.25, -0.2) is 54.8 Å². The number of carbonyl (C=O) groups excluding carboxylic acids is 1. The summed E-state index contributed by atoms with van der Waals surface area (Å²) in [5.41, 5.74) is 22.7. The number of benzene rings is 1. The van der Waals surface area contributed by atoms with E-state index >= 15 is 0 Å². The Morgan fingerprint density at radius 2 is 1.04 bits per heavy atom. The smallest absolute Gasteiger partial charge is 0.454 e. The number of halogens is 5. The molecule has 0 radical (unpaired) electrons. The lowest BCUT2D eigenvalue weighted by molar-refractivity contribution is -0.388. The zero-order valence-corrected chi connectivity index (χ0v) is 96.1. The number of morpholine rings is 1. The number of nitrogens with one attached hydrogen (secondary N) is 1. The van der Waals surface area contributed by atoms with Crippen LogP contribution in [-0.2, 0) is 47.9 Å². The number of ether oxygens (including phenoxy) is 1. The summed E-state index contributed by atoms with van der Waals surface area (Å²) in [4.78, 5) is 72.7. The van der Waals surface area contributed by atoms with Crippen LogP contribution in [0.5, 0.6) is 0 Å². The quantitative estimate of drug-likeness (QED) is 0.0724. The van der Waals surface area contributed by atoms with Gasteiger partial charge in [0.15, 0.2) is 5.78 Å². The number of Topliss-reactive ketones (excluding diaryl/α,β-unsaturated/α-hetero) is 1. The van der Waals surface area contributed by atoms with E-state index in [1.165, 1.54) is 105 Å². The van der Waals surface area contributed by atoms with Crippen LogP contribution in [-0.4, -0.2) is 155 Å². The van der Waals surface area contributed by atoms with Crippen molar-refractivity contribution in [3.05, 3.63) is 402 Å². The van der Waals surface area contributed by atoms with Crippen LogP contribution < -0.4 is 10.2 Å². The highest BCUT2D eigenvalue weighted by atomic mass is 35.5. The van der Waals surface area contributed by atoms with Gasteiger partial charge in [0.25, 0.3) is 0 Å². The van der Waals surface area contributed by atoms with Gasteiger partial charge in [0.05, 0.1) is 57.4 Å². The number of thiophene rings is 2. The normalized spacial score (nSPS) is 11.7. The summed E-state index contributed by atoms with van der Waals surface area (Å²) in [6, 6.07) is 38.2. The zero-order valence-electron chi connectivity index (χ0n) is 91.4. The number of hydrogen-bond acceptors (Lipinski definition) is 27. The standard InChI is InChI=1S/C10H15NOS.C8H8N2.C7H15BO2.C7H8ClN.C7H12N2.C7H8NO.2C7H9N.C7H8OS.C6H6ClN.2C6H6FN.C6H7N2O.C6H9NS.C5H5ClN2.C5H6N2.C5H8N2/c1-9-2-3-10(13-9)8-11-4-6-12-7-5-11;1-6-2-3-7-5-9-10-8(7)4-6;1-6(2)7(3,4)10-8(5)9-6;1-5-3-4-9-7(8)6(5)2;1-5-6(2)8-9(4)7(5)3;1-6-2-3-7(5-9)8-4-6;1-6-3-4-8-5-7(6)2;1-6-3-4-7(2)8-5-6;1-5-3-4-7(9-5)6(2)8;2*1-5-2-3-6(7)8-4-5;1-5-3-2-4-8-6(5)7;1-5-2-7-6(4-9)8-3-5;1-4-5(2)8-6(3)7-4;1-4-2-7-5(6)8-3-4;1-5-2-6-4-7-3-5;1-5-3-4-6-7(5)2/h2-3H,4-8H2,1H3;2-5H,1H3,(H,9,10);1-5H3;3-4H,1-2H3;1-4H3;2-4H,5H2,1H3;2*3-5H,1-2H3;3-4H,1-2H3;3*2-4H,1H3;2-3H,4H2,1H3;1-3H3;2-3H,1H3;2-4H,1H3;3-4H,1-2H3/q;;;;;-1;;;;;;;-1;;;;. The summed E-state index contributed by atoms with van der Waals surface area (Å²) < 4.78 is 44.3. The number of carbonyl (C=O) groups is 1. The molecule has 1 N–H and O–H groups in total. The number of aromatic nitrogens is 20. The SMILES string of the molecule is CB1OC(C)(C)C(C)(C)O1.CC(=O)c1ccc(C)s1.Cc1ccc(C)nc1.Cc1ccc(CN2CCOCC2)s1.Cc1ccc(C[O-])nc1.Cc1ccc(Cl)nc1.Cc1ccc(F)nc1.Cc1ccc2cn[nH]c2c1.Cc1cccnc1F.Cc1ccnc(Cl)c1C.Cc1ccncc1C.Cc1ccnn1C.Cc1cnc(C[O-])nc1.Cc1cnc(Cl)nc1.Cc1cncnc1.Cc1nc(C)c(C)s1.Cc1nn(C)c(C)c1C. The van der Waals surface area contributed by atoms with Crippen LogP contribution in [0.15, 0.2) is 227 Å². The Kier molecular flexibility index (Phi) is 61.9. The Bertz CT molecular complexity index is 6060. The van der Waals surface area contributed by atoms with Crippen LogP contribution in [0, 0.1) is 171 Å². The molecule has 0 unspecified atom stereocenters. The third-order valence-electron chi connectivity index (χ3n) is 21.4. The lowest BCUT2D eigenvalue weighted by Gasteiger charge is -2.32. The van der Waals surface area contributed by atoms with Crippen LogP contribution in [0.2, 0.25) is 22.4 Å². The fourth-order valence-electron chi connectivity index (χ4n) is 11.2. The van der Waals surface area contributed by atoms with Gasteiger partial charge in [-0.2, -0.15) is 24.1 Å². The first-order chi connectivity index (χ1) is 69.9.